The first-order valence-electron chi connectivity index (χ1n) is 7.17. The summed E-state index contributed by atoms with van der Waals surface area (Å²) in [5, 5.41) is 9.53. The molecule has 2 atom stereocenters. The molecule has 1 aliphatic rings. The van der Waals surface area contributed by atoms with E-state index in [1.807, 2.05) is 20.1 Å². The second-order valence-electron chi connectivity index (χ2n) is 5.47. The summed E-state index contributed by atoms with van der Waals surface area (Å²) in [5.74, 6) is 0.118. The molecular formula is C14H26N2O3S. The maximum absolute atomic E-state index is 12.6. The van der Waals surface area contributed by atoms with Gasteiger partial charge >= 0.3 is 12.0 Å². The fourth-order valence-corrected chi connectivity index (χ4v) is 3.34. The van der Waals surface area contributed by atoms with Gasteiger partial charge in [0, 0.05) is 19.6 Å². The molecule has 0 saturated carbocycles. The molecule has 1 rings (SSSR count). The van der Waals surface area contributed by atoms with Crippen LogP contribution in [0.25, 0.3) is 0 Å². The number of aliphatic carboxylic acids is 1. The minimum absolute atomic E-state index is 0.124. The largest absolute Gasteiger partial charge is 0.479 e. The van der Waals surface area contributed by atoms with E-state index < -0.39 is 11.5 Å². The SMILES string of the molecule is CCC1(C(=O)O)CCCN1C(=O)N(C)C(C)CCSC. The molecule has 2 amide bonds. The Morgan fingerprint density at radius 3 is 2.65 bits per heavy atom. The van der Waals surface area contributed by atoms with E-state index in [-0.39, 0.29) is 12.1 Å². The van der Waals surface area contributed by atoms with E-state index in [1.165, 1.54) is 0 Å². The summed E-state index contributed by atoms with van der Waals surface area (Å²) in [6, 6.07) is -0.0285. The molecule has 0 aliphatic carbocycles. The summed E-state index contributed by atoms with van der Waals surface area (Å²) in [6.07, 6.45) is 4.74. The molecule has 20 heavy (non-hydrogen) atoms. The van der Waals surface area contributed by atoms with E-state index >= 15 is 0 Å². The highest BCUT2D eigenvalue weighted by atomic mass is 32.2. The van der Waals surface area contributed by atoms with Crippen LogP contribution in [-0.4, -0.2) is 64.1 Å². The number of likely N-dealkylation sites (tertiary alicyclic amines) is 1. The van der Waals surface area contributed by atoms with Crippen LogP contribution >= 0.6 is 11.8 Å². The minimum Gasteiger partial charge on any atom is -0.479 e. The van der Waals surface area contributed by atoms with Gasteiger partial charge in [-0.2, -0.15) is 11.8 Å². The van der Waals surface area contributed by atoms with Crippen LogP contribution in [0.4, 0.5) is 4.79 Å². The molecule has 5 nitrogen and oxygen atoms in total. The zero-order valence-electron chi connectivity index (χ0n) is 12.9. The highest BCUT2D eigenvalue weighted by molar-refractivity contribution is 7.98. The Morgan fingerprint density at radius 2 is 2.15 bits per heavy atom. The molecule has 1 heterocycles. The average Bonchev–Trinajstić information content (AvgIpc) is 2.88. The van der Waals surface area contributed by atoms with E-state index in [2.05, 4.69) is 0 Å². The smallest absolute Gasteiger partial charge is 0.329 e. The first-order chi connectivity index (χ1) is 9.40. The van der Waals surface area contributed by atoms with Crippen LogP contribution in [0.15, 0.2) is 0 Å². The molecule has 0 radical (unpaired) electrons. The highest BCUT2D eigenvalue weighted by Gasteiger charge is 2.49. The fraction of sp³-hybridized carbons (Fsp3) is 0.857. The molecule has 2 unspecified atom stereocenters. The van der Waals surface area contributed by atoms with Gasteiger partial charge in [-0.3, -0.25) is 0 Å². The van der Waals surface area contributed by atoms with Crippen molar-refractivity contribution in [1.82, 2.24) is 9.80 Å². The molecule has 1 aliphatic heterocycles. The molecule has 0 aromatic carbocycles. The Bertz CT molecular complexity index is 364. The first kappa shape index (κ1) is 17.1. The quantitative estimate of drug-likeness (QED) is 0.819. The number of hydrogen-bond donors (Lipinski definition) is 1. The number of hydrogen-bond acceptors (Lipinski definition) is 3. The van der Waals surface area contributed by atoms with E-state index in [1.54, 1.807) is 28.6 Å². The van der Waals surface area contributed by atoms with Gasteiger partial charge in [-0.15, -0.1) is 0 Å². The van der Waals surface area contributed by atoms with Gasteiger partial charge < -0.3 is 14.9 Å². The third-order valence-corrected chi connectivity index (χ3v) is 5.05. The number of amides is 2. The number of nitrogens with zero attached hydrogens (tertiary/aromatic N) is 2. The Kier molecular flexibility index (Phi) is 6.17. The van der Waals surface area contributed by atoms with E-state index in [4.69, 9.17) is 0 Å². The molecule has 0 aromatic rings. The molecule has 1 saturated heterocycles. The number of thioether (sulfide) groups is 1. The molecule has 0 spiro atoms. The predicted octanol–water partition coefficient (Wildman–Crippen LogP) is 2.51. The maximum Gasteiger partial charge on any atom is 0.329 e. The van der Waals surface area contributed by atoms with Crippen molar-refractivity contribution in [3.05, 3.63) is 0 Å². The standard InChI is InChI=1S/C14H26N2O3S/c1-5-14(12(17)18)8-6-9-16(14)13(19)15(3)11(2)7-10-20-4/h11H,5-10H2,1-4H3,(H,17,18). The number of urea groups is 1. The van der Waals surface area contributed by atoms with E-state index in [0.29, 0.717) is 19.4 Å². The Labute approximate surface area is 125 Å². The second-order valence-corrected chi connectivity index (χ2v) is 6.46. The number of rotatable bonds is 6. The number of carbonyl (C=O) groups is 2. The fourth-order valence-electron chi connectivity index (χ4n) is 2.76. The third-order valence-electron chi connectivity index (χ3n) is 4.41. The summed E-state index contributed by atoms with van der Waals surface area (Å²) in [7, 11) is 1.77. The zero-order chi connectivity index (χ0) is 15.3. The van der Waals surface area contributed by atoms with Crippen molar-refractivity contribution in [1.29, 1.82) is 0 Å². The third kappa shape index (κ3) is 3.22. The maximum atomic E-state index is 12.6. The molecule has 116 valence electrons. The monoisotopic (exact) mass is 302 g/mol. The van der Waals surface area contributed by atoms with Crippen LogP contribution in [0.3, 0.4) is 0 Å². The number of carboxylic acids is 1. The van der Waals surface area contributed by atoms with Crippen molar-refractivity contribution in [3.8, 4) is 0 Å². The van der Waals surface area contributed by atoms with Crippen LogP contribution in [-0.2, 0) is 4.79 Å². The van der Waals surface area contributed by atoms with Gasteiger partial charge in [-0.25, -0.2) is 9.59 Å². The Hall–Kier alpha value is -0.910. The van der Waals surface area contributed by atoms with Crippen molar-refractivity contribution in [2.75, 3.05) is 25.6 Å². The summed E-state index contributed by atoms with van der Waals surface area (Å²) >= 11 is 1.75. The molecule has 0 bridgehead atoms. The van der Waals surface area contributed by atoms with Crippen molar-refractivity contribution >= 4 is 23.8 Å². The van der Waals surface area contributed by atoms with Crippen LogP contribution in [0.1, 0.15) is 39.5 Å². The first-order valence-corrected chi connectivity index (χ1v) is 8.56. The molecule has 0 aromatic heterocycles. The summed E-state index contributed by atoms with van der Waals surface area (Å²) < 4.78 is 0. The Balaban J connectivity index is 2.82. The van der Waals surface area contributed by atoms with Crippen LogP contribution in [0.5, 0.6) is 0 Å². The number of carboxylic acid groups (broad SMARTS) is 1. The Morgan fingerprint density at radius 1 is 1.50 bits per heavy atom. The molecule has 1 N–H and O–H groups in total. The van der Waals surface area contributed by atoms with Gasteiger partial charge in [-0.1, -0.05) is 6.92 Å². The van der Waals surface area contributed by atoms with Crippen molar-refractivity contribution < 1.29 is 14.7 Å². The van der Waals surface area contributed by atoms with Crippen LogP contribution < -0.4 is 0 Å². The molecule has 1 fully saturated rings. The zero-order valence-corrected chi connectivity index (χ0v) is 13.7. The lowest BCUT2D eigenvalue weighted by Gasteiger charge is -2.38. The van der Waals surface area contributed by atoms with E-state index in [0.717, 1.165) is 18.6 Å². The second kappa shape index (κ2) is 7.20. The average molecular weight is 302 g/mol. The van der Waals surface area contributed by atoms with Gasteiger partial charge in [0.1, 0.15) is 5.54 Å². The van der Waals surface area contributed by atoms with Gasteiger partial charge in [0.15, 0.2) is 0 Å². The highest BCUT2D eigenvalue weighted by Crippen LogP contribution is 2.33. The molecule has 6 heteroatoms. The minimum atomic E-state index is -1.01. The topological polar surface area (TPSA) is 60.9 Å². The van der Waals surface area contributed by atoms with Gasteiger partial charge in [0.2, 0.25) is 0 Å². The summed E-state index contributed by atoms with van der Waals surface area (Å²) in [5.41, 5.74) is -1.01. The lowest BCUT2D eigenvalue weighted by atomic mass is 9.93. The summed E-state index contributed by atoms with van der Waals surface area (Å²) in [4.78, 5) is 27.5. The van der Waals surface area contributed by atoms with Crippen molar-refractivity contribution in [2.45, 2.75) is 51.1 Å². The summed E-state index contributed by atoms with van der Waals surface area (Å²) in [6.45, 7) is 4.40. The van der Waals surface area contributed by atoms with Crippen LogP contribution in [0.2, 0.25) is 0 Å². The van der Waals surface area contributed by atoms with Crippen LogP contribution in [0, 0.1) is 0 Å². The molecular weight excluding hydrogens is 276 g/mol. The predicted molar refractivity (Wildman–Crippen MR) is 82.2 cm³/mol. The van der Waals surface area contributed by atoms with Gasteiger partial charge in [-0.05, 0) is 44.6 Å². The normalized spacial score (nSPS) is 23.7. The lowest BCUT2D eigenvalue weighted by Crippen LogP contribution is -2.57. The van der Waals surface area contributed by atoms with Crippen molar-refractivity contribution in [2.24, 2.45) is 0 Å². The van der Waals surface area contributed by atoms with Crippen molar-refractivity contribution in [3.63, 3.8) is 0 Å². The van der Waals surface area contributed by atoms with E-state index in [9.17, 15) is 14.7 Å². The lowest BCUT2D eigenvalue weighted by molar-refractivity contribution is -0.148. The van der Waals surface area contributed by atoms with Gasteiger partial charge in [0.05, 0.1) is 0 Å². The van der Waals surface area contributed by atoms with Gasteiger partial charge in [0.25, 0.3) is 0 Å². The number of carbonyl (C=O) groups excluding carboxylic acids is 1.